The van der Waals surface area contributed by atoms with E-state index in [2.05, 4.69) is 15.2 Å². The van der Waals surface area contributed by atoms with Crippen molar-refractivity contribution in [2.45, 2.75) is 20.8 Å². The Labute approximate surface area is 110 Å². The molecular formula is C12H11Cl2N3. The zero-order chi connectivity index (χ0) is 12.6. The lowest BCUT2D eigenvalue weighted by molar-refractivity contribution is 0.889. The van der Waals surface area contributed by atoms with Gasteiger partial charge in [-0.1, -0.05) is 23.2 Å². The summed E-state index contributed by atoms with van der Waals surface area (Å²) in [6.07, 6.45) is 0. The molecule has 0 fully saturated rings. The number of aromatic nitrogens is 3. The van der Waals surface area contributed by atoms with Crippen LogP contribution >= 0.6 is 23.2 Å². The number of nitrogens with zero attached hydrogens (tertiary/aromatic N) is 3. The standard InChI is InChI=1S/C12H11Cl2N3/c1-6-4-9(11(14)10(13)5-6)12-7(2)15-8(3)16-17-12/h4-5H,1-3H3. The minimum absolute atomic E-state index is 0.486. The van der Waals surface area contributed by atoms with E-state index in [1.54, 1.807) is 6.92 Å². The Hall–Kier alpha value is -1.19. The lowest BCUT2D eigenvalue weighted by Crippen LogP contribution is -1.99. The molecule has 0 unspecified atom stereocenters. The van der Waals surface area contributed by atoms with Crippen LogP contribution in [0.15, 0.2) is 12.1 Å². The predicted molar refractivity (Wildman–Crippen MR) is 69.5 cm³/mol. The van der Waals surface area contributed by atoms with Crippen LogP contribution in [0.4, 0.5) is 0 Å². The molecular weight excluding hydrogens is 257 g/mol. The number of hydrogen-bond donors (Lipinski definition) is 0. The van der Waals surface area contributed by atoms with Gasteiger partial charge in [0.2, 0.25) is 0 Å². The van der Waals surface area contributed by atoms with Crippen LogP contribution in [0.3, 0.4) is 0 Å². The summed E-state index contributed by atoms with van der Waals surface area (Å²) in [6, 6.07) is 3.75. The summed E-state index contributed by atoms with van der Waals surface area (Å²) in [4.78, 5) is 4.28. The molecule has 88 valence electrons. The first-order valence-electron chi connectivity index (χ1n) is 5.13. The van der Waals surface area contributed by atoms with Gasteiger partial charge < -0.3 is 0 Å². The van der Waals surface area contributed by atoms with Crippen molar-refractivity contribution in [1.82, 2.24) is 15.2 Å². The lowest BCUT2D eigenvalue weighted by atomic mass is 10.1. The second-order valence-corrected chi connectivity index (χ2v) is 4.69. The summed E-state index contributed by atoms with van der Waals surface area (Å²) < 4.78 is 0. The van der Waals surface area contributed by atoms with Crippen LogP contribution in [0, 0.1) is 20.8 Å². The monoisotopic (exact) mass is 267 g/mol. The van der Waals surface area contributed by atoms with Crippen LogP contribution in [0.2, 0.25) is 10.0 Å². The van der Waals surface area contributed by atoms with Gasteiger partial charge in [0, 0.05) is 5.56 Å². The molecule has 0 aliphatic carbocycles. The average molecular weight is 268 g/mol. The first kappa shape index (κ1) is 12.3. The third kappa shape index (κ3) is 2.40. The molecule has 2 aromatic rings. The van der Waals surface area contributed by atoms with Gasteiger partial charge in [-0.25, -0.2) is 4.98 Å². The summed E-state index contributed by atoms with van der Waals surface area (Å²) in [5, 5.41) is 9.09. The molecule has 0 bridgehead atoms. The van der Waals surface area contributed by atoms with E-state index in [9.17, 15) is 0 Å². The fourth-order valence-corrected chi connectivity index (χ4v) is 2.13. The Morgan fingerprint density at radius 2 is 1.71 bits per heavy atom. The Kier molecular flexibility index (Phi) is 3.31. The van der Waals surface area contributed by atoms with Crippen molar-refractivity contribution < 1.29 is 0 Å². The molecule has 1 heterocycles. The van der Waals surface area contributed by atoms with E-state index in [0.29, 0.717) is 21.6 Å². The predicted octanol–water partition coefficient (Wildman–Crippen LogP) is 3.77. The molecule has 0 radical (unpaired) electrons. The maximum Gasteiger partial charge on any atom is 0.148 e. The van der Waals surface area contributed by atoms with E-state index in [4.69, 9.17) is 23.2 Å². The van der Waals surface area contributed by atoms with Crippen LogP contribution in [0.25, 0.3) is 11.3 Å². The maximum atomic E-state index is 6.18. The highest BCUT2D eigenvalue weighted by Crippen LogP contribution is 2.34. The minimum Gasteiger partial charge on any atom is -0.234 e. The van der Waals surface area contributed by atoms with Crippen molar-refractivity contribution in [2.75, 3.05) is 0 Å². The second-order valence-electron chi connectivity index (χ2n) is 3.90. The maximum absolute atomic E-state index is 6.18. The van der Waals surface area contributed by atoms with E-state index in [1.165, 1.54) is 0 Å². The van der Waals surface area contributed by atoms with Crippen molar-refractivity contribution in [3.8, 4) is 11.3 Å². The number of hydrogen-bond acceptors (Lipinski definition) is 3. The van der Waals surface area contributed by atoms with Gasteiger partial charge >= 0.3 is 0 Å². The molecule has 17 heavy (non-hydrogen) atoms. The largest absolute Gasteiger partial charge is 0.234 e. The minimum atomic E-state index is 0.486. The highest BCUT2D eigenvalue weighted by atomic mass is 35.5. The van der Waals surface area contributed by atoms with Gasteiger partial charge in [0.15, 0.2) is 0 Å². The van der Waals surface area contributed by atoms with Gasteiger partial charge in [-0.05, 0) is 38.5 Å². The molecule has 0 atom stereocenters. The van der Waals surface area contributed by atoms with Crippen LogP contribution in [-0.4, -0.2) is 15.2 Å². The van der Waals surface area contributed by atoms with E-state index in [1.807, 2.05) is 26.0 Å². The number of aryl methyl sites for hydroxylation is 3. The van der Waals surface area contributed by atoms with Crippen molar-refractivity contribution >= 4 is 23.2 Å². The molecule has 0 saturated heterocycles. The number of rotatable bonds is 1. The molecule has 0 spiro atoms. The van der Waals surface area contributed by atoms with Gasteiger partial charge in [0.25, 0.3) is 0 Å². The van der Waals surface area contributed by atoms with Crippen molar-refractivity contribution in [2.24, 2.45) is 0 Å². The second kappa shape index (κ2) is 4.59. The summed E-state index contributed by atoms with van der Waals surface area (Å²) >= 11 is 12.2. The number of benzene rings is 1. The Bertz CT molecular complexity index is 582. The van der Waals surface area contributed by atoms with E-state index < -0.39 is 0 Å². The van der Waals surface area contributed by atoms with Crippen molar-refractivity contribution in [3.05, 3.63) is 39.3 Å². The molecule has 5 heteroatoms. The van der Waals surface area contributed by atoms with Gasteiger partial charge in [0.1, 0.15) is 11.5 Å². The summed E-state index contributed by atoms with van der Waals surface area (Å²) in [7, 11) is 0. The highest BCUT2D eigenvalue weighted by molar-refractivity contribution is 6.43. The molecule has 0 aliphatic heterocycles. The number of halogens is 2. The zero-order valence-corrected chi connectivity index (χ0v) is 11.3. The summed E-state index contributed by atoms with van der Waals surface area (Å²) in [5.74, 6) is 0.640. The smallest absolute Gasteiger partial charge is 0.148 e. The Morgan fingerprint density at radius 3 is 2.35 bits per heavy atom. The lowest BCUT2D eigenvalue weighted by Gasteiger charge is -2.08. The first-order valence-corrected chi connectivity index (χ1v) is 5.88. The molecule has 3 nitrogen and oxygen atoms in total. The molecule has 1 aromatic carbocycles. The highest BCUT2D eigenvalue weighted by Gasteiger charge is 2.13. The fourth-order valence-electron chi connectivity index (χ4n) is 1.66. The van der Waals surface area contributed by atoms with Gasteiger partial charge in [-0.3, -0.25) is 0 Å². The quantitative estimate of drug-likeness (QED) is 0.790. The summed E-state index contributed by atoms with van der Waals surface area (Å²) in [5.41, 5.74) is 3.26. The average Bonchev–Trinajstić information content (AvgIpc) is 2.24. The molecule has 1 aromatic heterocycles. The van der Waals surface area contributed by atoms with E-state index in [-0.39, 0.29) is 0 Å². The van der Waals surface area contributed by atoms with Gasteiger partial charge in [-0.15, -0.1) is 10.2 Å². The van der Waals surface area contributed by atoms with Crippen molar-refractivity contribution in [3.63, 3.8) is 0 Å². The Morgan fingerprint density at radius 1 is 1.00 bits per heavy atom. The summed E-state index contributed by atoms with van der Waals surface area (Å²) in [6.45, 7) is 5.63. The molecule has 2 rings (SSSR count). The first-order chi connectivity index (χ1) is 7.99. The van der Waals surface area contributed by atoms with Gasteiger partial charge in [0.05, 0.1) is 15.7 Å². The molecule has 0 saturated carbocycles. The van der Waals surface area contributed by atoms with Crippen LogP contribution < -0.4 is 0 Å². The third-order valence-electron chi connectivity index (χ3n) is 2.39. The van der Waals surface area contributed by atoms with Crippen molar-refractivity contribution in [1.29, 1.82) is 0 Å². The van der Waals surface area contributed by atoms with E-state index in [0.717, 1.165) is 16.8 Å². The van der Waals surface area contributed by atoms with Gasteiger partial charge in [-0.2, -0.15) is 0 Å². The fraction of sp³-hybridized carbons (Fsp3) is 0.250. The van der Waals surface area contributed by atoms with E-state index >= 15 is 0 Å². The SMILES string of the molecule is Cc1cc(Cl)c(Cl)c(-c2nnc(C)nc2C)c1. The molecule has 0 N–H and O–H groups in total. The van der Waals surface area contributed by atoms with Crippen LogP contribution in [0.5, 0.6) is 0 Å². The molecule has 0 amide bonds. The Balaban J connectivity index is 2.68. The third-order valence-corrected chi connectivity index (χ3v) is 3.20. The van der Waals surface area contributed by atoms with Crippen LogP contribution in [0.1, 0.15) is 17.1 Å². The normalized spacial score (nSPS) is 10.6. The zero-order valence-electron chi connectivity index (χ0n) is 9.75. The topological polar surface area (TPSA) is 38.7 Å². The van der Waals surface area contributed by atoms with Crippen LogP contribution in [-0.2, 0) is 0 Å². The molecule has 0 aliphatic rings.